The molecule has 1 N–H and O–H groups in total. The van der Waals surface area contributed by atoms with Gasteiger partial charge in [-0.3, -0.25) is 9.69 Å². The number of aliphatic hydroxyl groups is 1. The fourth-order valence-corrected chi connectivity index (χ4v) is 3.39. The summed E-state index contributed by atoms with van der Waals surface area (Å²) >= 11 is 3.22. The molecule has 0 saturated heterocycles. The number of alkyl halides is 3. The first kappa shape index (κ1) is 21.8. The van der Waals surface area contributed by atoms with Crippen molar-refractivity contribution in [2.24, 2.45) is 0 Å². The standard InChI is InChI=1S/C20H15BrF3NO5/c1-29-14-9-7-13(8-10-14)25-16(11-3-5-12(21)6-4-11)15(17(26)30-2)19(28,18(25)27)20(22,23)24/h3-10,28H,1-2H3. The van der Waals surface area contributed by atoms with Crippen LogP contribution in [-0.4, -0.2) is 43.0 Å². The van der Waals surface area contributed by atoms with E-state index in [1.165, 1.54) is 55.6 Å². The molecule has 10 heteroatoms. The molecule has 0 fully saturated rings. The number of carbonyl (C=O) groups is 2. The number of benzene rings is 2. The quantitative estimate of drug-likeness (QED) is 0.668. The monoisotopic (exact) mass is 485 g/mol. The Morgan fingerprint density at radius 1 is 1.07 bits per heavy atom. The van der Waals surface area contributed by atoms with Crippen LogP contribution in [0.15, 0.2) is 58.6 Å². The van der Waals surface area contributed by atoms with Crippen LogP contribution in [0.1, 0.15) is 5.56 Å². The maximum Gasteiger partial charge on any atom is 0.431 e. The minimum Gasteiger partial charge on any atom is -0.497 e. The highest BCUT2D eigenvalue weighted by Gasteiger charge is 2.70. The van der Waals surface area contributed by atoms with Gasteiger partial charge in [0, 0.05) is 10.2 Å². The first-order chi connectivity index (χ1) is 14.1. The Labute approximate surface area is 177 Å². The largest absolute Gasteiger partial charge is 0.497 e. The van der Waals surface area contributed by atoms with Crippen molar-refractivity contribution in [3.05, 3.63) is 64.1 Å². The molecule has 30 heavy (non-hydrogen) atoms. The number of carbonyl (C=O) groups excluding carboxylic acids is 2. The van der Waals surface area contributed by atoms with Crippen LogP contribution in [-0.2, 0) is 14.3 Å². The molecule has 0 aromatic heterocycles. The molecule has 2 aromatic carbocycles. The minimum atomic E-state index is -5.48. The summed E-state index contributed by atoms with van der Waals surface area (Å²) in [6, 6.07) is 11.4. The predicted octanol–water partition coefficient (Wildman–Crippen LogP) is 3.68. The van der Waals surface area contributed by atoms with Crippen LogP contribution in [0.4, 0.5) is 18.9 Å². The van der Waals surface area contributed by atoms with Crippen LogP contribution in [0.5, 0.6) is 5.75 Å². The highest BCUT2D eigenvalue weighted by atomic mass is 79.9. The van der Waals surface area contributed by atoms with Gasteiger partial charge in [0.15, 0.2) is 0 Å². The summed E-state index contributed by atoms with van der Waals surface area (Å²) in [6.07, 6.45) is -5.48. The summed E-state index contributed by atoms with van der Waals surface area (Å²) in [4.78, 5) is 26.0. The summed E-state index contributed by atoms with van der Waals surface area (Å²) in [7, 11) is 2.27. The van der Waals surface area contributed by atoms with Crippen molar-refractivity contribution in [1.82, 2.24) is 0 Å². The first-order valence-corrected chi connectivity index (χ1v) is 9.22. The van der Waals surface area contributed by atoms with Gasteiger partial charge in [-0.05, 0) is 42.0 Å². The van der Waals surface area contributed by atoms with Gasteiger partial charge in [0.05, 0.1) is 19.9 Å². The van der Waals surface area contributed by atoms with Gasteiger partial charge in [0.25, 0.3) is 11.5 Å². The lowest BCUT2D eigenvalue weighted by molar-refractivity contribution is -0.236. The Balaban J connectivity index is 2.36. The number of amides is 1. The lowest BCUT2D eigenvalue weighted by Gasteiger charge is -2.27. The van der Waals surface area contributed by atoms with E-state index in [0.717, 1.165) is 7.11 Å². The van der Waals surface area contributed by atoms with Gasteiger partial charge in [0.1, 0.15) is 11.3 Å². The minimum absolute atomic E-state index is 0.000275. The Hall–Kier alpha value is -2.85. The second-order valence-electron chi connectivity index (χ2n) is 6.27. The van der Waals surface area contributed by atoms with Crippen LogP contribution in [0.2, 0.25) is 0 Å². The first-order valence-electron chi connectivity index (χ1n) is 8.43. The van der Waals surface area contributed by atoms with E-state index in [4.69, 9.17) is 4.74 Å². The van der Waals surface area contributed by atoms with Gasteiger partial charge >= 0.3 is 12.1 Å². The lowest BCUT2D eigenvalue weighted by Crippen LogP contribution is -2.55. The smallest absolute Gasteiger partial charge is 0.431 e. The van der Waals surface area contributed by atoms with E-state index in [1.54, 1.807) is 0 Å². The Kier molecular flexibility index (Phi) is 5.66. The second kappa shape index (κ2) is 7.77. The molecule has 1 amide bonds. The molecule has 1 aliphatic heterocycles. The Morgan fingerprint density at radius 3 is 2.10 bits per heavy atom. The number of ether oxygens (including phenoxy) is 2. The summed E-state index contributed by atoms with van der Waals surface area (Å²) in [5, 5.41) is 10.6. The van der Waals surface area contributed by atoms with Crippen molar-refractivity contribution >= 4 is 39.2 Å². The summed E-state index contributed by atoms with van der Waals surface area (Å²) in [5.74, 6) is -2.81. The number of anilines is 1. The van der Waals surface area contributed by atoms with E-state index in [1.807, 2.05) is 0 Å². The number of rotatable bonds is 4. The van der Waals surface area contributed by atoms with Crippen molar-refractivity contribution in [1.29, 1.82) is 0 Å². The third-order valence-corrected chi connectivity index (χ3v) is 5.11. The SMILES string of the molecule is COC(=O)C1=C(c2ccc(Br)cc2)N(c2ccc(OC)cc2)C(=O)C1(O)C(F)(F)F. The zero-order chi connectivity index (χ0) is 22.3. The number of hydrogen-bond donors (Lipinski definition) is 1. The van der Waals surface area contributed by atoms with E-state index >= 15 is 0 Å². The highest BCUT2D eigenvalue weighted by Crippen LogP contribution is 2.49. The molecule has 1 heterocycles. The molecule has 0 spiro atoms. The van der Waals surface area contributed by atoms with E-state index in [2.05, 4.69) is 20.7 Å². The fraction of sp³-hybridized carbons (Fsp3) is 0.200. The van der Waals surface area contributed by atoms with Gasteiger partial charge < -0.3 is 14.6 Å². The number of methoxy groups -OCH3 is 2. The molecule has 0 aliphatic carbocycles. The number of esters is 1. The van der Waals surface area contributed by atoms with E-state index in [-0.39, 0.29) is 11.3 Å². The van der Waals surface area contributed by atoms with Crippen molar-refractivity contribution in [2.75, 3.05) is 19.1 Å². The molecular weight excluding hydrogens is 471 g/mol. The average molecular weight is 486 g/mol. The molecule has 3 rings (SSSR count). The molecule has 0 radical (unpaired) electrons. The average Bonchev–Trinajstić information content (AvgIpc) is 2.96. The molecule has 1 atom stereocenters. The van der Waals surface area contributed by atoms with E-state index in [0.29, 0.717) is 15.1 Å². The van der Waals surface area contributed by atoms with Gasteiger partial charge in [0.2, 0.25) is 0 Å². The molecule has 2 aromatic rings. The normalized spacial score (nSPS) is 19.3. The third kappa shape index (κ3) is 3.35. The van der Waals surface area contributed by atoms with Gasteiger partial charge in [-0.25, -0.2) is 4.79 Å². The van der Waals surface area contributed by atoms with Crippen molar-refractivity contribution < 1.29 is 37.3 Å². The molecule has 1 unspecified atom stereocenters. The lowest BCUT2D eigenvalue weighted by atomic mass is 9.92. The fourth-order valence-electron chi connectivity index (χ4n) is 3.12. The van der Waals surface area contributed by atoms with Crippen LogP contribution in [0.25, 0.3) is 5.70 Å². The predicted molar refractivity (Wildman–Crippen MR) is 105 cm³/mol. The second-order valence-corrected chi connectivity index (χ2v) is 7.18. The molecule has 1 aliphatic rings. The third-order valence-electron chi connectivity index (χ3n) is 4.58. The topological polar surface area (TPSA) is 76.1 Å². The summed E-state index contributed by atoms with van der Waals surface area (Å²) < 4.78 is 52.0. The maximum atomic E-state index is 13.9. The van der Waals surface area contributed by atoms with Crippen LogP contribution >= 0.6 is 15.9 Å². The van der Waals surface area contributed by atoms with Crippen LogP contribution < -0.4 is 9.64 Å². The Morgan fingerprint density at radius 2 is 1.63 bits per heavy atom. The van der Waals surface area contributed by atoms with Gasteiger partial charge in [-0.1, -0.05) is 28.1 Å². The van der Waals surface area contributed by atoms with Crippen molar-refractivity contribution in [3.63, 3.8) is 0 Å². The van der Waals surface area contributed by atoms with Gasteiger partial charge in [-0.15, -0.1) is 0 Å². The summed E-state index contributed by atoms with van der Waals surface area (Å²) in [5.41, 5.74) is -5.61. The molecule has 6 nitrogen and oxygen atoms in total. The van der Waals surface area contributed by atoms with Gasteiger partial charge in [-0.2, -0.15) is 13.2 Å². The number of nitrogens with zero attached hydrogens (tertiary/aromatic N) is 1. The number of hydrogen-bond acceptors (Lipinski definition) is 5. The molecule has 0 bridgehead atoms. The molecule has 0 saturated carbocycles. The Bertz CT molecular complexity index is 1020. The van der Waals surface area contributed by atoms with E-state index in [9.17, 15) is 27.9 Å². The van der Waals surface area contributed by atoms with Crippen LogP contribution in [0, 0.1) is 0 Å². The van der Waals surface area contributed by atoms with Crippen molar-refractivity contribution in [3.8, 4) is 5.75 Å². The highest BCUT2D eigenvalue weighted by molar-refractivity contribution is 9.10. The zero-order valence-corrected chi connectivity index (χ0v) is 17.2. The van der Waals surface area contributed by atoms with E-state index < -0.39 is 34.9 Å². The zero-order valence-electron chi connectivity index (χ0n) is 15.7. The van der Waals surface area contributed by atoms with Crippen molar-refractivity contribution in [2.45, 2.75) is 11.8 Å². The summed E-state index contributed by atoms with van der Waals surface area (Å²) in [6.45, 7) is 0. The number of halogens is 4. The molecule has 158 valence electrons. The molecular formula is C20H15BrF3NO5. The van der Waals surface area contributed by atoms with Crippen LogP contribution in [0.3, 0.4) is 0 Å². The maximum absolute atomic E-state index is 13.9.